The molecule has 3 heterocycles. The molecule has 7 nitrogen and oxygen atoms in total. The minimum absolute atomic E-state index is 0.158. The summed E-state index contributed by atoms with van der Waals surface area (Å²) in [5.74, 6) is 1.64. The first-order valence-corrected chi connectivity index (χ1v) is 8.64. The Hall–Kier alpha value is -2.18. The molecular weight excluding hydrogens is 306 g/mol. The Bertz CT molecular complexity index is 691. The van der Waals surface area contributed by atoms with Crippen molar-refractivity contribution in [3.8, 4) is 0 Å². The van der Waals surface area contributed by atoms with E-state index in [4.69, 9.17) is 4.52 Å². The average molecular weight is 331 g/mol. The van der Waals surface area contributed by atoms with Gasteiger partial charge >= 0.3 is 0 Å². The normalized spacial score (nSPS) is 17.8. The van der Waals surface area contributed by atoms with E-state index in [1.54, 1.807) is 0 Å². The van der Waals surface area contributed by atoms with Gasteiger partial charge in [0.15, 0.2) is 5.82 Å². The second-order valence-electron chi connectivity index (χ2n) is 6.82. The highest BCUT2D eigenvalue weighted by atomic mass is 16.5. The summed E-state index contributed by atoms with van der Waals surface area (Å²) in [4.78, 5) is 18.9. The van der Waals surface area contributed by atoms with Gasteiger partial charge < -0.3 is 9.42 Å². The number of carbonyl (C=O) groups is 1. The van der Waals surface area contributed by atoms with Gasteiger partial charge in [-0.1, -0.05) is 19.0 Å². The number of aryl methyl sites for hydroxylation is 2. The summed E-state index contributed by atoms with van der Waals surface area (Å²) >= 11 is 0. The average Bonchev–Trinajstić information content (AvgIpc) is 3.26. The first-order chi connectivity index (χ1) is 11.5. The van der Waals surface area contributed by atoms with Crippen molar-refractivity contribution in [3.63, 3.8) is 0 Å². The van der Waals surface area contributed by atoms with E-state index in [1.807, 2.05) is 42.7 Å². The Morgan fingerprint density at radius 2 is 2.29 bits per heavy atom. The molecule has 1 aliphatic rings. The van der Waals surface area contributed by atoms with Crippen LogP contribution in [0.25, 0.3) is 0 Å². The summed E-state index contributed by atoms with van der Waals surface area (Å²) in [5, 5.41) is 8.27. The molecule has 24 heavy (non-hydrogen) atoms. The third-order valence-corrected chi connectivity index (χ3v) is 4.41. The first kappa shape index (κ1) is 16.7. The highest BCUT2D eigenvalue weighted by molar-refractivity contribution is 5.77. The smallest absolute Gasteiger partial charge is 0.227 e. The molecule has 1 fully saturated rings. The van der Waals surface area contributed by atoms with Crippen molar-refractivity contribution >= 4 is 5.91 Å². The van der Waals surface area contributed by atoms with E-state index < -0.39 is 0 Å². The molecule has 0 N–H and O–H groups in total. The van der Waals surface area contributed by atoms with Gasteiger partial charge in [-0.15, -0.1) is 0 Å². The van der Waals surface area contributed by atoms with E-state index in [1.165, 1.54) is 0 Å². The Labute approximate surface area is 142 Å². The number of rotatable bonds is 6. The maximum Gasteiger partial charge on any atom is 0.227 e. The predicted octanol–water partition coefficient (Wildman–Crippen LogP) is 2.32. The summed E-state index contributed by atoms with van der Waals surface area (Å²) in [7, 11) is 0. The zero-order valence-corrected chi connectivity index (χ0v) is 14.6. The Morgan fingerprint density at radius 3 is 2.96 bits per heavy atom. The van der Waals surface area contributed by atoms with Gasteiger partial charge in [-0.05, 0) is 25.3 Å². The lowest BCUT2D eigenvalue weighted by molar-refractivity contribution is -0.132. The van der Waals surface area contributed by atoms with Gasteiger partial charge in [-0.25, -0.2) is 0 Å². The zero-order valence-electron chi connectivity index (χ0n) is 14.6. The number of hydrogen-bond acceptors (Lipinski definition) is 5. The summed E-state index contributed by atoms with van der Waals surface area (Å²) in [6, 6.07) is 0.228. The molecule has 0 aliphatic carbocycles. The molecule has 2 aromatic heterocycles. The molecule has 7 heteroatoms. The third-order valence-electron chi connectivity index (χ3n) is 4.41. The SMILES string of the molecule is Cc1cnn(C[C@H]2CCCN2C(=O)CCc2nc(C(C)C)no2)c1. The van der Waals surface area contributed by atoms with Crippen molar-refractivity contribution in [3.05, 3.63) is 29.7 Å². The van der Waals surface area contributed by atoms with Crippen molar-refractivity contribution in [2.24, 2.45) is 0 Å². The number of nitrogens with zero attached hydrogens (tertiary/aromatic N) is 5. The lowest BCUT2D eigenvalue weighted by Crippen LogP contribution is -2.38. The van der Waals surface area contributed by atoms with Crippen LogP contribution in [0.15, 0.2) is 16.9 Å². The third kappa shape index (κ3) is 3.83. The molecule has 0 saturated carbocycles. The topological polar surface area (TPSA) is 77.1 Å². The number of hydrogen-bond donors (Lipinski definition) is 0. The molecule has 130 valence electrons. The molecule has 1 amide bonds. The van der Waals surface area contributed by atoms with E-state index in [0.717, 1.165) is 31.5 Å². The maximum atomic E-state index is 12.6. The van der Waals surface area contributed by atoms with Crippen molar-refractivity contribution in [1.82, 2.24) is 24.8 Å². The summed E-state index contributed by atoms with van der Waals surface area (Å²) in [6.07, 6.45) is 6.87. The van der Waals surface area contributed by atoms with Crippen LogP contribution in [0.5, 0.6) is 0 Å². The summed E-state index contributed by atoms with van der Waals surface area (Å²) in [6.45, 7) is 7.65. The Balaban J connectivity index is 1.55. The Kier molecular flexibility index (Phi) is 4.97. The molecule has 1 saturated heterocycles. The predicted molar refractivity (Wildman–Crippen MR) is 88.4 cm³/mol. The largest absolute Gasteiger partial charge is 0.339 e. The van der Waals surface area contributed by atoms with Gasteiger partial charge in [-0.3, -0.25) is 9.48 Å². The fourth-order valence-corrected chi connectivity index (χ4v) is 3.10. The summed E-state index contributed by atoms with van der Waals surface area (Å²) < 4.78 is 7.15. The molecular formula is C17H25N5O2. The van der Waals surface area contributed by atoms with Gasteiger partial charge in [0.05, 0.1) is 18.8 Å². The lowest BCUT2D eigenvalue weighted by atomic mass is 10.2. The molecule has 0 radical (unpaired) electrons. The lowest BCUT2D eigenvalue weighted by Gasteiger charge is -2.24. The van der Waals surface area contributed by atoms with E-state index in [-0.39, 0.29) is 17.9 Å². The number of amides is 1. The molecule has 1 atom stereocenters. The first-order valence-electron chi connectivity index (χ1n) is 8.64. The van der Waals surface area contributed by atoms with Gasteiger partial charge in [-0.2, -0.15) is 10.1 Å². The molecule has 0 bridgehead atoms. The van der Waals surface area contributed by atoms with Crippen LogP contribution in [0.2, 0.25) is 0 Å². The monoisotopic (exact) mass is 331 g/mol. The van der Waals surface area contributed by atoms with Crippen molar-refractivity contribution in [2.45, 2.75) is 65.0 Å². The fourth-order valence-electron chi connectivity index (χ4n) is 3.10. The molecule has 1 aliphatic heterocycles. The number of aromatic nitrogens is 4. The molecule has 0 spiro atoms. The number of carbonyl (C=O) groups excluding carboxylic acids is 1. The standard InChI is InChI=1S/C17H25N5O2/c1-12(2)17-19-15(24-20-17)6-7-16(23)22-8-4-5-14(22)11-21-10-13(3)9-18-21/h9-10,12,14H,4-8,11H2,1-3H3/t14-/m1/s1. The van der Waals surface area contributed by atoms with Gasteiger partial charge in [0, 0.05) is 31.5 Å². The van der Waals surface area contributed by atoms with Crippen LogP contribution in [-0.4, -0.2) is 43.3 Å². The van der Waals surface area contributed by atoms with Crippen LogP contribution in [0.1, 0.15) is 56.3 Å². The van der Waals surface area contributed by atoms with E-state index >= 15 is 0 Å². The maximum absolute atomic E-state index is 12.6. The molecule has 0 aromatic carbocycles. The van der Waals surface area contributed by atoms with Crippen LogP contribution < -0.4 is 0 Å². The fraction of sp³-hybridized carbons (Fsp3) is 0.647. The molecule has 3 rings (SSSR count). The van der Waals surface area contributed by atoms with Crippen LogP contribution in [-0.2, 0) is 17.8 Å². The van der Waals surface area contributed by atoms with Gasteiger partial charge in [0.2, 0.25) is 11.8 Å². The number of likely N-dealkylation sites (tertiary alicyclic amines) is 1. The van der Waals surface area contributed by atoms with Crippen LogP contribution in [0, 0.1) is 6.92 Å². The summed E-state index contributed by atoms with van der Waals surface area (Å²) in [5.41, 5.74) is 1.14. The van der Waals surface area contributed by atoms with Crippen molar-refractivity contribution in [1.29, 1.82) is 0 Å². The van der Waals surface area contributed by atoms with Crippen molar-refractivity contribution < 1.29 is 9.32 Å². The zero-order chi connectivity index (χ0) is 17.1. The molecule has 2 aromatic rings. The second-order valence-corrected chi connectivity index (χ2v) is 6.82. The van der Waals surface area contributed by atoms with Crippen LogP contribution in [0.3, 0.4) is 0 Å². The quantitative estimate of drug-likeness (QED) is 0.812. The van der Waals surface area contributed by atoms with Crippen LogP contribution >= 0.6 is 0 Å². The second kappa shape index (κ2) is 7.15. The van der Waals surface area contributed by atoms with Gasteiger partial charge in [0.1, 0.15) is 0 Å². The Morgan fingerprint density at radius 1 is 1.46 bits per heavy atom. The van der Waals surface area contributed by atoms with Gasteiger partial charge in [0.25, 0.3) is 0 Å². The van der Waals surface area contributed by atoms with Crippen molar-refractivity contribution in [2.75, 3.05) is 6.54 Å². The van der Waals surface area contributed by atoms with Crippen LogP contribution in [0.4, 0.5) is 0 Å². The highest BCUT2D eigenvalue weighted by Crippen LogP contribution is 2.20. The minimum atomic E-state index is 0.158. The van der Waals surface area contributed by atoms with E-state index in [0.29, 0.717) is 24.6 Å². The van der Waals surface area contributed by atoms with E-state index in [9.17, 15) is 4.79 Å². The highest BCUT2D eigenvalue weighted by Gasteiger charge is 2.29. The molecule has 0 unspecified atom stereocenters. The minimum Gasteiger partial charge on any atom is -0.339 e. The van der Waals surface area contributed by atoms with E-state index in [2.05, 4.69) is 15.2 Å².